The van der Waals surface area contributed by atoms with Gasteiger partial charge in [0.2, 0.25) is 0 Å². The van der Waals surface area contributed by atoms with Gasteiger partial charge in [-0.05, 0) is 29.7 Å². The van der Waals surface area contributed by atoms with E-state index in [4.69, 9.17) is 4.74 Å². The fraction of sp³-hybridized carbons (Fsp3) is 0.263. The minimum atomic E-state index is -1.04. The van der Waals surface area contributed by atoms with Crippen molar-refractivity contribution in [1.29, 1.82) is 0 Å². The van der Waals surface area contributed by atoms with Crippen molar-refractivity contribution in [2.45, 2.75) is 25.0 Å². The SMILES string of the molecule is O=C(O)[C@@H]1CC(c2ccc(O)cc2)CN1C(=O)OCc1ccccc1. The third-order valence-electron chi connectivity index (χ3n) is 4.39. The minimum absolute atomic E-state index is 0.104. The van der Waals surface area contributed by atoms with E-state index in [2.05, 4.69) is 0 Å². The average Bonchev–Trinajstić information content (AvgIpc) is 3.07. The normalized spacial score (nSPS) is 19.6. The Bertz CT molecular complexity index is 744. The smallest absolute Gasteiger partial charge is 0.410 e. The first-order valence-corrected chi connectivity index (χ1v) is 8.03. The summed E-state index contributed by atoms with van der Waals surface area (Å²) in [5, 5.41) is 18.8. The van der Waals surface area contributed by atoms with Gasteiger partial charge in [0.1, 0.15) is 18.4 Å². The summed E-state index contributed by atoms with van der Waals surface area (Å²) in [6.45, 7) is 0.377. The first-order chi connectivity index (χ1) is 12.0. The number of aromatic hydroxyl groups is 1. The quantitative estimate of drug-likeness (QED) is 0.893. The summed E-state index contributed by atoms with van der Waals surface area (Å²) in [7, 11) is 0. The zero-order valence-corrected chi connectivity index (χ0v) is 13.5. The molecule has 2 N–H and O–H groups in total. The maximum Gasteiger partial charge on any atom is 0.410 e. The first kappa shape index (κ1) is 16.8. The van der Waals surface area contributed by atoms with Gasteiger partial charge in [-0.1, -0.05) is 42.5 Å². The number of phenols is 1. The number of likely N-dealkylation sites (tertiary alicyclic amines) is 1. The van der Waals surface area contributed by atoms with Crippen LogP contribution in [-0.2, 0) is 16.1 Å². The molecule has 1 unspecified atom stereocenters. The molecule has 2 aromatic rings. The molecule has 1 amide bonds. The Kier molecular flexibility index (Phi) is 4.88. The predicted molar refractivity (Wildman–Crippen MR) is 90.2 cm³/mol. The van der Waals surface area contributed by atoms with Crippen molar-refractivity contribution < 1.29 is 24.5 Å². The van der Waals surface area contributed by atoms with Crippen molar-refractivity contribution in [1.82, 2.24) is 4.90 Å². The molecule has 1 fully saturated rings. The summed E-state index contributed by atoms with van der Waals surface area (Å²) in [5.41, 5.74) is 1.74. The lowest BCUT2D eigenvalue weighted by Crippen LogP contribution is -2.40. The highest BCUT2D eigenvalue weighted by Gasteiger charge is 2.41. The van der Waals surface area contributed by atoms with E-state index >= 15 is 0 Å². The third-order valence-corrected chi connectivity index (χ3v) is 4.39. The number of aliphatic carboxylic acids is 1. The van der Waals surface area contributed by atoms with Gasteiger partial charge < -0.3 is 14.9 Å². The molecular formula is C19H19NO5. The number of carbonyl (C=O) groups excluding carboxylic acids is 1. The highest BCUT2D eigenvalue weighted by Crippen LogP contribution is 2.33. The van der Waals surface area contributed by atoms with Crippen LogP contribution in [0, 0.1) is 0 Å². The Morgan fingerprint density at radius 1 is 1.08 bits per heavy atom. The molecule has 0 aromatic heterocycles. The van der Waals surface area contributed by atoms with E-state index < -0.39 is 18.1 Å². The lowest BCUT2D eigenvalue weighted by atomic mass is 9.96. The van der Waals surface area contributed by atoms with Gasteiger partial charge in [-0.25, -0.2) is 9.59 Å². The molecular weight excluding hydrogens is 322 g/mol. The van der Waals surface area contributed by atoms with E-state index in [1.54, 1.807) is 24.3 Å². The molecule has 130 valence electrons. The molecule has 1 heterocycles. The van der Waals surface area contributed by atoms with Gasteiger partial charge >= 0.3 is 12.1 Å². The maximum absolute atomic E-state index is 12.4. The zero-order chi connectivity index (χ0) is 17.8. The molecule has 25 heavy (non-hydrogen) atoms. The highest BCUT2D eigenvalue weighted by atomic mass is 16.6. The van der Waals surface area contributed by atoms with Gasteiger partial charge in [-0.2, -0.15) is 0 Å². The van der Waals surface area contributed by atoms with Gasteiger partial charge in [-0.3, -0.25) is 4.90 Å². The van der Waals surface area contributed by atoms with Gasteiger partial charge in [0, 0.05) is 12.5 Å². The highest BCUT2D eigenvalue weighted by molar-refractivity contribution is 5.81. The lowest BCUT2D eigenvalue weighted by Gasteiger charge is -2.20. The largest absolute Gasteiger partial charge is 0.508 e. The topological polar surface area (TPSA) is 87.1 Å². The summed E-state index contributed by atoms with van der Waals surface area (Å²) in [6, 6.07) is 14.9. The number of carbonyl (C=O) groups is 2. The molecule has 0 saturated carbocycles. The summed E-state index contributed by atoms with van der Waals surface area (Å²) in [4.78, 5) is 25.2. The predicted octanol–water partition coefficient (Wildman–Crippen LogP) is 2.97. The molecule has 6 heteroatoms. The zero-order valence-electron chi connectivity index (χ0n) is 13.5. The number of carboxylic acids is 1. The number of rotatable bonds is 4. The molecule has 2 aromatic carbocycles. The maximum atomic E-state index is 12.4. The number of nitrogens with zero attached hydrogens (tertiary/aromatic N) is 1. The van der Waals surface area contributed by atoms with E-state index in [9.17, 15) is 19.8 Å². The second-order valence-electron chi connectivity index (χ2n) is 6.07. The van der Waals surface area contributed by atoms with Crippen LogP contribution < -0.4 is 0 Å². The van der Waals surface area contributed by atoms with E-state index in [-0.39, 0.29) is 24.8 Å². The van der Waals surface area contributed by atoms with E-state index in [1.165, 1.54) is 4.90 Å². The van der Waals surface area contributed by atoms with Crippen molar-refractivity contribution in [2.24, 2.45) is 0 Å². The van der Waals surface area contributed by atoms with Crippen LogP contribution in [0.1, 0.15) is 23.5 Å². The van der Waals surface area contributed by atoms with Crippen LogP contribution in [0.4, 0.5) is 4.79 Å². The molecule has 1 aliphatic rings. The fourth-order valence-electron chi connectivity index (χ4n) is 3.06. The van der Waals surface area contributed by atoms with Crippen LogP contribution in [0.3, 0.4) is 0 Å². The summed E-state index contributed by atoms with van der Waals surface area (Å²) < 4.78 is 5.28. The number of hydrogen-bond donors (Lipinski definition) is 2. The van der Waals surface area contributed by atoms with E-state index in [0.717, 1.165) is 11.1 Å². The Morgan fingerprint density at radius 3 is 2.40 bits per heavy atom. The molecule has 3 rings (SSSR count). The number of benzene rings is 2. The second-order valence-corrected chi connectivity index (χ2v) is 6.07. The van der Waals surface area contributed by atoms with Crippen molar-refractivity contribution in [3.05, 3.63) is 65.7 Å². The summed E-state index contributed by atoms with van der Waals surface area (Å²) >= 11 is 0. The standard InChI is InChI=1S/C19H19NO5/c21-16-8-6-14(7-9-16)15-10-17(18(22)23)20(11-15)19(24)25-12-13-4-2-1-3-5-13/h1-9,15,17,21H,10-12H2,(H,22,23)/t15?,17-/m0/s1. The van der Waals surface area contributed by atoms with Crippen LogP contribution in [-0.4, -0.2) is 39.8 Å². The number of ether oxygens (including phenoxy) is 1. The molecule has 0 spiro atoms. The summed E-state index contributed by atoms with van der Waals surface area (Å²) in [5.74, 6) is -1.00. The molecule has 2 atom stereocenters. The minimum Gasteiger partial charge on any atom is -0.508 e. The number of phenolic OH excluding ortho intramolecular Hbond substituents is 1. The molecule has 1 aliphatic heterocycles. The van der Waals surface area contributed by atoms with Gasteiger partial charge in [0.25, 0.3) is 0 Å². The van der Waals surface area contributed by atoms with Crippen LogP contribution in [0.5, 0.6) is 5.75 Å². The Hall–Kier alpha value is -3.02. The summed E-state index contributed by atoms with van der Waals surface area (Å²) in [6.07, 6.45) is -0.307. The van der Waals surface area contributed by atoms with Gasteiger partial charge in [0.15, 0.2) is 0 Å². The second kappa shape index (κ2) is 7.25. The van der Waals surface area contributed by atoms with Gasteiger partial charge in [-0.15, -0.1) is 0 Å². The Morgan fingerprint density at radius 2 is 1.76 bits per heavy atom. The van der Waals surface area contributed by atoms with Gasteiger partial charge in [0.05, 0.1) is 0 Å². The van der Waals surface area contributed by atoms with Crippen molar-refractivity contribution in [3.63, 3.8) is 0 Å². The average molecular weight is 341 g/mol. The van der Waals surface area contributed by atoms with Crippen molar-refractivity contribution >= 4 is 12.1 Å². The molecule has 0 aliphatic carbocycles. The molecule has 0 bridgehead atoms. The molecule has 1 saturated heterocycles. The van der Waals surface area contributed by atoms with Crippen LogP contribution in [0.15, 0.2) is 54.6 Å². The van der Waals surface area contributed by atoms with Crippen LogP contribution >= 0.6 is 0 Å². The Balaban J connectivity index is 1.69. The number of hydrogen-bond acceptors (Lipinski definition) is 4. The van der Waals surface area contributed by atoms with Crippen LogP contribution in [0.2, 0.25) is 0 Å². The number of amides is 1. The molecule has 0 radical (unpaired) electrons. The first-order valence-electron chi connectivity index (χ1n) is 8.03. The van der Waals surface area contributed by atoms with Crippen molar-refractivity contribution in [2.75, 3.05) is 6.54 Å². The molecule has 6 nitrogen and oxygen atoms in total. The fourth-order valence-corrected chi connectivity index (χ4v) is 3.06. The number of carboxylic acid groups (broad SMARTS) is 1. The Labute approximate surface area is 145 Å². The van der Waals surface area contributed by atoms with E-state index in [0.29, 0.717) is 6.42 Å². The van der Waals surface area contributed by atoms with Crippen molar-refractivity contribution in [3.8, 4) is 5.75 Å². The van der Waals surface area contributed by atoms with Crippen LogP contribution in [0.25, 0.3) is 0 Å². The third kappa shape index (κ3) is 3.91. The monoisotopic (exact) mass is 341 g/mol. The van der Waals surface area contributed by atoms with E-state index in [1.807, 2.05) is 30.3 Å². The lowest BCUT2D eigenvalue weighted by molar-refractivity contribution is -0.141.